The van der Waals surface area contributed by atoms with Crippen LogP contribution in [0.4, 0.5) is 5.82 Å². The summed E-state index contributed by atoms with van der Waals surface area (Å²) < 4.78 is 1.70. The smallest absolute Gasteiger partial charge is 0.145 e. The Kier molecular flexibility index (Phi) is 2.80. The highest BCUT2D eigenvalue weighted by molar-refractivity contribution is 6.31. The second-order valence-corrected chi connectivity index (χ2v) is 3.76. The van der Waals surface area contributed by atoms with E-state index in [1.807, 2.05) is 12.1 Å². The van der Waals surface area contributed by atoms with Crippen LogP contribution in [0.25, 0.3) is 0 Å². The molecule has 1 aromatic carbocycles. The highest BCUT2D eigenvalue weighted by Gasteiger charge is 2.03. The van der Waals surface area contributed by atoms with Gasteiger partial charge in [0.25, 0.3) is 0 Å². The van der Waals surface area contributed by atoms with E-state index in [-0.39, 0.29) is 0 Å². The number of nitriles is 1. The van der Waals surface area contributed by atoms with Gasteiger partial charge in [0.15, 0.2) is 0 Å². The zero-order valence-electron chi connectivity index (χ0n) is 8.39. The minimum atomic E-state index is 0.477. The summed E-state index contributed by atoms with van der Waals surface area (Å²) in [7, 11) is 0. The summed E-state index contributed by atoms with van der Waals surface area (Å²) in [5.74, 6) is 0.477. The summed E-state index contributed by atoms with van der Waals surface area (Å²) in [6.45, 7) is 0.543. The molecule has 0 saturated heterocycles. The van der Waals surface area contributed by atoms with Gasteiger partial charge < -0.3 is 5.73 Å². The third-order valence-electron chi connectivity index (χ3n) is 2.18. The highest BCUT2D eigenvalue weighted by atomic mass is 35.5. The van der Waals surface area contributed by atoms with Gasteiger partial charge in [0.05, 0.1) is 18.2 Å². The Balaban J connectivity index is 2.26. The molecule has 1 aromatic heterocycles. The van der Waals surface area contributed by atoms with Gasteiger partial charge in [-0.15, -0.1) is 0 Å². The number of nitrogens with two attached hydrogens (primary N) is 1. The fraction of sp³-hybridized carbons (Fsp3) is 0.0909. The van der Waals surface area contributed by atoms with E-state index in [2.05, 4.69) is 5.10 Å². The average molecular weight is 233 g/mol. The lowest BCUT2D eigenvalue weighted by Crippen LogP contribution is -2.01. The standard InChI is InChI=1S/C11H9ClN4/c12-10-5-8(6-13)1-2-9(10)7-16-4-3-11(14)15-16/h1-5H,7H2,(H2,14,15). The van der Waals surface area contributed by atoms with Gasteiger partial charge in [-0.05, 0) is 23.8 Å². The number of rotatable bonds is 2. The largest absolute Gasteiger partial charge is 0.382 e. The van der Waals surface area contributed by atoms with Crippen LogP contribution in [0.1, 0.15) is 11.1 Å². The number of benzene rings is 1. The van der Waals surface area contributed by atoms with Crippen LogP contribution in [0.5, 0.6) is 0 Å². The fourth-order valence-corrected chi connectivity index (χ4v) is 1.63. The van der Waals surface area contributed by atoms with E-state index in [0.29, 0.717) is 22.9 Å². The first-order valence-electron chi connectivity index (χ1n) is 4.66. The Labute approximate surface area is 97.9 Å². The summed E-state index contributed by atoms with van der Waals surface area (Å²) in [4.78, 5) is 0. The second-order valence-electron chi connectivity index (χ2n) is 3.36. The number of hydrogen-bond donors (Lipinski definition) is 1. The van der Waals surface area contributed by atoms with Crippen LogP contribution in [0.2, 0.25) is 5.02 Å². The molecule has 1 heterocycles. The van der Waals surface area contributed by atoms with Gasteiger partial charge in [-0.1, -0.05) is 17.7 Å². The van der Waals surface area contributed by atoms with Gasteiger partial charge in [0.2, 0.25) is 0 Å². The molecular weight excluding hydrogens is 224 g/mol. The molecule has 80 valence electrons. The highest BCUT2D eigenvalue weighted by Crippen LogP contribution is 2.18. The molecule has 0 aliphatic carbocycles. The van der Waals surface area contributed by atoms with E-state index < -0.39 is 0 Å². The van der Waals surface area contributed by atoms with E-state index in [9.17, 15) is 0 Å². The Morgan fingerprint density at radius 1 is 1.44 bits per heavy atom. The summed E-state index contributed by atoms with van der Waals surface area (Å²) in [5, 5.41) is 13.3. The van der Waals surface area contributed by atoms with Crippen LogP contribution in [-0.2, 0) is 6.54 Å². The normalized spacial score (nSPS) is 10.0. The lowest BCUT2D eigenvalue weighted by molar-refractivity contribution is 0.690. The predicted octanol–water partition coefficient (Wildman–Crippen LogP) is 2.04. The lowest BCUT2D eigenvalue weighted by Gasteiger charge is -2.04. The van der Waals surface area contributed by atoms with Crippen molar-refractivity contribution in [1.82, 2.24) is 9.78 Å². The number of hydrogen-bond acceptors (Lipinski definition) is 3. The van der Waals surface area contributed by atoms with Crippen molar-refractivity contribution >= 4 is 17.4 Å². The molecule has 0 aliphatic rings. The third-order valence-corrected chi connectivity index (χ3v) is 2.53. The summed E-state index contributed by atoms with van der Waals surface area (Å²) in [5.41, 5.74) is 6.96. The van der Waals surface area contributed by atoms with E-state index >= 15 is 0 Å². The van der Waals surface area contributed by atoms with E-state index in [4.69, 9.17) is 22.6 Å². The monoisotopic (exact) mass is 232 g/mol. The molecule has 2 aromatic rings. The number of nitrogens with zero attached hydrogens (tertiary/aromatic N) is 3. The first-order chi connectivity index (χ1) is 7.69. The number of nitrogen functional groups attached to an aromatic ring is 1. The number of halogens is 1. The molecule has 4 nitrogen and oxygen atoms in total. The average Bonchev–Trinajstić information content (AvgIpc) is 2.67. The van der Waals surface area contributed by atoms with Gasteiger partial charge in [0.1, 0.15) is 5.82 Å². The molecule has 0 radical (unpaired) electrons. The Bertz CT molecular complexity index is 553. The van der Waals surface area contributed by atoms with E-state index in [1.54, 1.807) is 29.1 Å². The van der Waals surface area contributed by atoms with Gasteiger partial charge >= 0.3 is 0 Å². The van der Waals surface area contributed by atoms with Crippen molar-refractivity contribution in [2.24, 2.45) is 0 Å². The quantitative estimate of drug-likeness (QED) is 0.862. The van der Waals surface area contributed by atoms with E-state index in [1.165, 1.54) is 0 Å². The zero-order chi connectivity index (χ0) is 11.5. The van der Waals surface area contributed by atoms with Crippen molar-refractivity contribution in [3.05, 3.63) is 46.6 Å². The molecular formula is C11H9ClN4. The zero-order valence-corrected chi connectivity index (χ0v) is 9.15. The van der Waals surface area contributed by atoms with Crippen molar-refractivity contribution in [3.8, 4) is 6.07 Å². The maximum absolute atomic E-state index is 8.70. The molecule has 5 heteroatoms. The fourth-order valence-electron chi connectivity index (χ4n) is 1.39. The van der Waals surface area contributed by atoms with Crippen molar-refractivity contribution < 1.29 is 0 Å². The van der Waals surface area contributed by atoms with Crippen LogP contribution in [0, 0.1) is 11.3 Å². The summed E-state index contributed by atoms with van der Waals surface area (Å²) in [6, 6.07) is 8.95. The summed E-state index contributed by atoms with van der Waals surface area (Å²) in [6.07, 6.45) is 1.78. The SMILES string of the molecule is N#Cc1ccc(Cn2ccc(N)n2)c(Cl)c1. The molecule has 16 heavy (non-hydrogen) atoms. The van der Waals surface area contributed by atoms with Gasteiger partial charge in [-0.25, -0.2) is 0 Å². The molecule has 0 spiro atoms. The Morgan fingerprint density at radius 3 is 2.81 bits per heavy atom. The molecule has 0 atom stereocenters. The van der Waals surface area contributed by atoms with Crippen molar-refractivity contribution in [1.29, 1.82) is 5.26 Å². The molecule has 0 aliphatic heterocycles. The predicted molar refractivity (Wildman–Crippen MR) is 61.9 cm³/mol. The van der Waals surface area contributed by atoms with Crippen LogP contribution < -0.4 is 5.73 Å². The maximum Gasteiger partial charge on any atom is 0.145 e. The van der Waals surface area contributed by atoms with Gasteiger partial charge in [-0.3, -0.25) is 4.68 Å². The van der Waals surface area contributed by atoms with Gasteiger partial charge in [0, 0.05) is 11.2 Å². The molecule has 2 N–H and O–H groups in total. The van der Waals surface area contributed by atoms with Crippen LogP contribution in [-0.4, -0.2) is 9.78 Å². The molecule has 0 amide bonds. The van der Waals surface area contributed by atoms with Crippen molar-refractivity contribution in [2.75, 3.05) is 5.73 Å². The number of anilines is 1. The lowest BCUT2D eigenvalue weighted by atomic mass is 10.1. The molecule has 0 fully saturated rings. The van der Waals surface area contributed by atoms with Gasteiger partial charge in [-0.2, -0.15) is 10.4 Å². The molecule has 2 rings (SSSR count). The first kappa shape index (κ1) is 10.5. The number of aromatic nitrogens is 2. The third kappa shape index (κ3) is 2.15. The molecule has 0 unspecified atom stereocenters. The van der Waals surface area contributed by atoms with Crippen molar-refractivity contribution in [3.63, 3.8) is 0 Å². The van der Waals surface area contributed by atoms with Crippen LogP contribution in [0.15, 0.2) is 30.5 Å². The first-order valence-corrected chi connectivity index (χ1v) is 5.04. The van der Waals surface area contributed by atoms with Crippen LogP contribution in [0.3, 0.4) is 0 Å². The summed E-state index contributed by atoms with van der Waals surface area (Å²) >= 11 is 6.04. The molecule has 0 saturated carbocycles. The van der Waals surface area contributed by atoms with E-state index in [0.717, 1.165) is 5.56 Å². The van der Waals surface area contributed by atoms with Crippen LogP contribution >= 0.6 is 11.6 Å². The molecule has 0 bridgehead atoms. The Hall–Kier alpha value is -1.99. The second kappa shape index (κ2) is 4.25. The topological polar surface area (TPSA) is 67.6 Å². The minimum Gasteiger partial charge on any atom is -0.382 e. The Morgan fingerprint density at radius 2 is 2.25 bits per heavy atom. The van der Waals surface area contributed by atoms with Crippen molar-refractivity contribution in [2.45, 2.75) is 6.54 Å². The maximum atomic E-state index is 8.70. The minimum absolute atomic E-state index is 0.477.